The van der Waals surface area contributed by atoms with E-state index in [9.17, 15) is 34.8 Å². The minimum absolute atomic E-state index is 0.0411. The number of hydrogen-bond acceptors (Lipinski definition) is 11. The zero-order valence-electron chi connectivity index (χ0n) is 22.3. The van der Waals surface area contributed by atoms with E-state index in [1.165, 1.54) is 18.7 Å². The van der Waals surface area contributed by atoms with Crippen molar-refractivity contribution < 1.29 is 48.3 Å². The molecule has 0 aromatic carbocycles. The van der Waals surface area contributed by atoms with Crippen molar-refractivity contribution in [2.75, 3.05) is 13.2 Å². The number of ether oxygens (including phenoxy) is 2. The minimum Gasteiger partial charge on any atom is -0.441 e. The number of rotatable bonds is 9. The highest BCUT2D eigenvalue weighted by molar-refractivity contribution is 6.21. The van der Waals surface area contributed by atoms with Crippen molar-refractivity contribution in [1.29, 1.82) is 0 Å². The van der Waals surface area contributed by atoms with Crippen molar-refractivity contribution in [1.82, 2.24) is 10.2 Å². The zero-order chi connectivity index (χ0) is 28.9. The number of carbonyl (C=O) groups is 2. The monoisotopic (exact) mass is 578 g/mol. The minimum atomic E-state index is -1.52. The van der Waals surface area contributed by atoms with Gasteiger partial charge in [-0.2, -0.15) is 0 Å². The van der Waals surface area contributed by atoms with E-state index in [0.717, 1.165) is 6.42 Å². The van der Waals surface area contributed by atoms with Crippen LogP contribution in [0.15, 0.2) is 13.6 Å². The van der Waals surface area contributed by atoms with Gasteiger partial charge < -0.3 is 44.1 Å². The van der Waals surface area contributed by atoms with Crippen molar-refractivity contribution in [3.05, 3.63) is 22.1 Å². The van der Waals surface area contributed by atoms with Crippen LogP contribution < -0.4 is 11.1 Å². The third kappa shape index (κ3) is 7.74. The first-order valence-electron chi connectivity index (χ1n) is 13.2. The Balaban J connectivity index is 1.78. The standard InChI is InChI=1S/C25H39ClN2O11/c1-12(26)18(22-21(32)20(31)19(30)14(3)37-22)27-23(33)16-7-6-15(5-4-10-29)8-9-28(16)24(34)36-11-17-13(2)38-25(35)39-17/h12,14-16,18-22,29-32H,4-11H2,1-3H3,(H,27,33)/t12-,14+,15-,16-,18+,19-,20+,21+,22+/m0/s1. The van der Waals surface area contributed by atoms with Crippen LogP contribution in [0.5, 0.6) is 0 Å². The molecule has 0 bridgehead atoms. The number of carbonyl (C=O) groups excluding carboxylic acids is 2. The van der Waals surface area contributed by atoms with Gasteiger partial charge in [-0.25, -0.2) is 9.59 Å². The van der Waals surface area contributed by atoms with Crippen molar-refractivity contribution in [2.24, 2.45) is 5.92 Å². The first kappa shape index (κ1) is 31.4. The second kappa shape index (κ2) is 14.0. The molecule has 0 aliphatic carbocycles. The van der Waals surface area contributed by atoms with Crippen LogP contribution in [0.4, 0.5) is 4.79 Å². The predicted molar refractivity (Wildman–Crippen MR) is 136 cm³/mol. The summed E-state index contributed by atoms with van der Waals surface area (Å²) >= 11 is 6.38. The fraction of sp³-hybridized carbons (Fsp3) is 0.800. The third-order valence-electron chi connectivity index (χ3n) is 7.52. The van der Waals surface area contributed by atoms with E-state index < -0.39 is 65.8 Å². The highest BCUT2D eigenvalue weighted by Gasteiger charge is 2.47. The van der Waals surface area contributed by atoms with E-state index in [0.29, 0.717) is 25.7 Å². The molecule has 1 aromatic rings. The molecular weight excluding hydrogens is 540 g/mol. The molecule has 14 heteroatoms. The summed E-state index contributed by atoms with van der Waals surface area (Å²) in [6, 6.07) is -1.92. The summed E-state index contributed by atoms with van der Waals surface area (Å²) in [5.74, 6) is -1.07. The van der Waals surface area contributed by atoms with Gasteiger partial charge in [-0.15, -0.1) is 11.6 Å². The number of aliphatic hydroxyl groups is 4. The first-order valence-corrected chi connectivity index (χ1v) is 13.7. The average Bonchev–Trinajstić information content (AvgIpc) is 3.08. The van der Waals surface area contributed by atoms with Gasteiger partial charge in [0.2, 0.25) is 5.91 Å². The molecule has 3 rings (SSSR count). The highest BCUT2D eigenvalue weighted by atomic mass is 35.5. The Kier molecular flexibility index (Phi) is 11.2. The maximum atomic E-state index is 13.6. The molecular formula is C25H39ClN2O11. The SMILES string of the molecule is Cc1oc(=O)oc1COC(=O)N1CC[C@@H](CCCO)CC[C@H]1C(=O)N[C@@H]([C@H]1O[C@H](C)[C@H](O)[C@@H](O)[C@H]1O)[C@H](C)Cl. The van der Waals surface area contributed by atoms with Gasteiger partial charge in [-0.1, -0.05) is 0 Å². The Labute approximate surface area is 231 Å². The Morgan fingerprint density at radius 2 is 1.87 bits per heavy atom. The predicted octanol–water partition coefficient (Wildman–Crippen LogP) is 0.403. The van der Waals surface area contributed by atoms with Gasteiger partial charge in [0, 0.05) is 13.2 Å². The lowest BCUT2D eigenvalue weighted by molar-refractivity contribution is -0.223. The van der Waals surface area contributed by atoms with E-state index >= 15 is 0 Å². The number of hydrogen-bond donors (Lipinski definition) is 5. The van der Waals surface area contributed by atoms with Crippen LogP contribution in [0.1, 0.15) is 57.5 Å². The maximum Gasteiger partial charge on any atom is 0.519 e. The largest absolute Gasteiger partial charge is 0.519 e. The number of aryl methyl sites for hydroxylation is 1. The summed E-state index contributed by atoms with van der Waals surface area (Å²) in [4.78, 5) is 39.4. The van der Waals surface area contributed by atoms with Crippen molar-refractivity contribution in [3.8, 4) is 0 Å². The Hall–Kier alpha value is -2.16. The molecule has 13 nitrogen and oxygen atoms in total. The van der Waals surface area contributed by atoms with Crippen LogP contribution in [-0.2, 0) is 20.9 Å². The lowest BCUT2D eigenvalue weighted by Gasteiger charge is -2.43. The molecule has 39 heavy (non-hydrogen) atoms. The van der Waals surface area contributed by atoms with E-state index in [1.54, 1.807) is 6.92 Å². The molecule has 9 atom stereocenters. The van der Waals surface area contributed by atoms with Gasteiger partial charge in [0.05, 0.1) is 17.5 Å². The third-order valence-corrected chi connectivity index (χ3v) is 7.79. The smallest absolute Gasteiger partial charge is 0.441 e. The van der Waals surface area contributed by atoms with Gasteiger partial charge in [-0.05, 0) is 58.8 Å². The molecule has 5 N–H and O–H groups in total. The van der Waals surface area contributed by atoms with Crippen LogP contribution in [0.25, 0.3) is 0 Å². The maximum absolute atomic E-state index is 13.6. The Morgan fingerprint density at radius 1 is 1.15 bits per heavy atom. The zero-order valence-corrected chi connectivity index (χ0v) is 23.1. The normalized spacial score (nSPS) is 31.3. The summed E-state index contributed by atoms with van der Waals surface area (Å²) in [5.41, 5.74) is 0. The van der Waals surface area contributed by atoms with Gasteiger partial charge in [-0.3, -0.25) is 9.69 Å². The Morgan fingerprint density at radius 3 is 2.49 bits per heavy atom. The fourth-order valence-electron chi connectivity index (χ4n) is 5.15. The summed E-state index contributed by atoms with van der Waals surface area (Å²) in [6.45, 7) is 4.50. The summed E-state index contributed by atoms with van der Waals surface area (Å²) in [6.07, 6.45) is -4.26. The van der Waals surface area contributed by atoms with E-state index in [-0.39, 0.29) is 37.2 Å². The molecule has 0 spiro atoms. The van der Waals surface area contributed by atoms with Gasteiger partial charge in [0.1, 0.15) is 30.5 Å². The molecule has 2 amide bonds. The van der Waals surface area contributed by atoms with Crippen LogP contribution in [0.2, 0.25) is 0 Å². The van der Waals surface area contributed by atoms with Gasteiger partial charge in [0.25, 0.3) is 0 Å². The van der Waals surface area contributed by atoms with Crippen molar-refractivity contribution in [2.45, 2.75) is 107 Å². The number of nitrogens with zero attached hydrogens (tertiary/aromatic N) is 1. The molecule has 2 aliphatic rings. The lowest BCUT2D eigenvalue weighted by atomic mass is 9.90. The van der Waals surface area contributed by atoms with Crippen LogP contribution >= 0.6 is 11.6 Å². The molecule has 0 saturated carbocycles. The van der Waals surface area contributed by atoms with Crippen LogP contribution in [0, 0.1) is 12.8 Å². The molecule has 2 saturated heterocycles. The van der Waals surface area contributed by atoms with Gasteiger partial charge >= 0.3 is 11.9 Å². The number of nitrogens with one attached hydrogen (secondary N) is 1. The number of amides is 2. The quantitative estimate of drug-likeness (QED) is 0.255. The summed E-state index contributed by atoms with van der Waals surface area (Å²) < 4.78 is 20.8. The molecule has 2 aliphatic heterocycles. The number of aliphatic hydroxyl groups excluding tert-OH is 4. The molecule has 3 heterocycles. The summed E-state index contributed by atoms with van der Waals surface area (Å²) in [5, 5.41) is 42.2. The first-order chi connectivity index (χ1) is 18.4. The second-order valence-electron chi connectivity index (χ2n) is 10.3. The topological polar surface area (TPSA) is 192 Å². The van der Waals surface area contributed by atoms with Crippen LogP contribution in [0.3, 0.4) is 0 Å². The van der Waals surface area contributed by atoms with Crippen LogP contribution in [-0.4, -0.2) is 98.5 Å². The van der Waals surface area contributed by atoms with E-state index in [1.807, 2.05) is 0 Å². The fourth-order valence-corrected chi connectivity index (χ4v) is 5.35. The number of alkyl halides is 1. The summed E-state index contributed by atoms with van der Waals surface area (Å²) in [7, 11) is 0. The van der Waals surface area contributed by atoms with Crippen molar-refractivity contribution >= 4 is 23.6 Å². The Bertz CT molecular complexity index is 1010. The molecule has 222 valence electrons. The number of likely N-dealkylation sites (tertiary alicyclic amines) is 1. The van der Waals surface area contributed by atoms with Crippen molar-refractivity contribution in [3.63, 3.8) is 0 Å². The molecule has 2 fully saturated rings. The van der Waals surface area contributed by atoms with E-state index in [4.69, 9.17) is 29.9 Å². The average molecular weight is 579 g/mol. The second-order valence-corrected chi connectivity index (χ2v) is 11.0. The highest BCUT2D eigenvalue weighted by Crippen LogP contribution is 2.29. The molecule has 1 aromatic heterocycles. The van der Waals surface area contributed by atoms with E-state index in [2.05, 4.69) is 5.32 Å². The molecule has 0 radical (unpaired) electrons. The number of halogens is 1. The van der Waals surface area contributed by atoms with Gasteiger partial charge in [0.15, 0.2) is 18.1 Å². The lowest BCUT2D eigenvalue weighted by Crippen LogP contribution is -2.65. The molecule has 0 unspecified atom stereocenters.